The summed E-state index contributed by atoms with van der Waals surface area (Å²) in [4.78, 5) is 17.1. The van der Waals surface area contributed by atoms with Crippen LogP contribution in [-0.2, 0) is 13.1 Å². The van der Waals surface area contributed by atoms with Gasteiger partial charge >= 0.3 is 6.03 Å². The summed E-state index contributed by atoms with van der Waals surface area (Å²) in [5, 5.41) is 2.99. The molecule has 0 unspecified atom stereocenters. The van der Waals surface area contributed by atoms with Crippen molar-refractivity contribution in [3.63, 3.8) is 0 Å². The van der Waals surface area contributed by atoms with E-state index in [1.165, 1.54) is 12.1 Å². The van der Waals surface area contributed by atoms with E-state index in [2.05, 4.69) is 17.3 Å². The van der Waals surface area contributed by atoms with Gasteiger partial charge in [0.1, 0.15) is 23.0 Å². The van der Waals surface area contributed by atoms with E-state index in [0.29, 0.717) is 12.1 Å². The average Bonchev–Trinajstić information content (AvgIpc) is 2.77. The summed E-state index contributed by atoms with van der Waals surface area (Å²) in [7, 11) is 2.05. The molecule has 2 heterocycles. The predicted molar refractivity (Wildman–Crippen MR) is 125 cm³/mol. The molecule has 7 heteroatoms. The van der Waals surface area contributed by atoms with E-state index in [1.54, 1.807) is 4.90 Å². The van der Waals surface area contributed by atoms with Crippen molar-refractivity contribution in [3.8, 4) is 5.75 Å². The average molecular weight is 456 g/mol. The minimum Gasteiger partial charge on any atom is -0.483 e. The molecule has 2 aliphatic rings. The summed E-state index contributed by atoms with van der Waals surface area (Å²) < 4.78 is 33.8. The number of piperidine rings is 1. The summed E-state index contributed by atoms with van der Waals surface area (Å²) in [6.07, 6.45) is 5.67. The number of fused-ring (bicyclic) bond motifs is 1. The fourth-order valence-electron chi connectivity index (χ4n) is 4.31. The fraction of sp³-hybridized carbons (Fsp3) is 0.423. The fourth-order valence-corrected chi connectivity index (χ4v) is 4.31. The van der Waals surface area contributed by atoms with E-state index in [0.717, 1.165) is 48.9 Å². The lowest BCUT2D eigenvalue weighted by Gasteiger charge is -2.37. The molecule has 0 radical (unpaired) electrons. The molecule has 0 aromatic heterocycles. The number of carbonyl (C=O) groups is 1. The molecule has 1 fully saturated rings. The van der Waals surface area contributed by atoms with Crippen LogP contribution in [0.4, 0.5) is 13.6 Å². The first kappa shape index (κ1) is 23.2. The molecule has 2 aromatic rings. The second-order valence-electron chi connectivity index (χ2n) is 9.47. The van der Waals surface area contributed by atoms with E-state index >= 15 is 0 Å². The number of amides is 2. The summed E-state index contributed by atoms with van der Waals surface area (Å²) in [6.45, 7) is 6.15. The van der Waals surface area contributed by atoms with Gasteiger partial charge in [0, 0.05) is 29.8 Å². The van der Waals surface area contributed by atoms with Crippen LogP contribution in [0.15, 0.2) is 42.5 Å². The smallest absolute Gasteiger partial charge is 0.318 e. The highest BCUT2D eigenvalue weighted by Crippen LogP contribution is 2.31. The zero-order valence-corrected chi connectivity index (χ0v) is 19.4. The van der Waals surface area contributed by atoms with Gasteiger partial charge in [-0.2, -0.15) is 0 Å². The lowest BCUT2D eigenvalue weighted by molar-refractivity contribution is 0.126. The predicted octanol–water partition coefficient (Wildman–Crippen LogP) is 4.96. The van der Waals surface area contributed by atoms with Gasteiger partial charge in [-0.05, 0) is 70.6 Å². The Kier molecular flexibility index (Phi) is 6.70. The SMILES string of the molecule is CN1CCC(N(Cc2ccc(F)cc2F)C(=O)NCc2ccc3c(c2)OC(C)(C)C=C3)CC1. The number of halogens is 2. The lowest BCUT2D eigenvalue weighted by atomic mass is 10.0. The van der Waals surface area contributed by atoms with Crippen LogP contribution in [0.5, 0.6) is 5.75 Å². The number of nitrogens with one attached hydrogen (secondary N) is 1. The Balaban J connectivity index is 1.47. The Morgan fingerprint density at radius 1 is 1.18 bits per heavy atom. The van der Waals surface area contributed by atoms with Gasteiger partial charge in [0.05, 0.1) is 6.54 Å². The largest absolute Gasteiger partial charge is 0.483 e. The summed E-state index contributed by atoms with van der Waals surface area (Å²) in [5.74, 6) is -0.475. The molecule has 2 aromatic carbocycles. The van der Waals surface area contributed by atoms with Crippen LogP contribution in [0.1, 0.15) is 43.4 Å². The number of benzene rings is 2. The minimum absolute atomic E-state index is 0.0107. The Morgan fingerprint density at radius 3 is 2.67 bits per heavy atom. The number of nitrogens with zero attached hydrogens (tertiary/aromatic N) is 2. The third-order valence-electron chi connectivity index (χ3n) is 6.30. The van der Waals surface area contributed by atoms with Crippen LogP contribution in [-0.4, -0.2) is 47.6 Å². The van der Waals surface area contributed by atoms with Crippen molar-refractivity contribution in [2.45, 2.75) is 51.4 Å². The van der Waals surface area contributed by atoms with Crippen LogP contribution in [0, 0.1) is 11.6 Å². The van der Waals surface area contributed by atoms with Crippen LogP contribution < -0.4 is 10.1 Å². The molecule has 1 N–H and O–H groups in total. The van der Waals surface area contributed by atoms with Crippen molar-refractivity contribution >= 4 is 12.1 Å². The molecule has 0 saturated carbocycles. The summed E-state index contributed by atoms with van der Waals surface area (Å²) >= 11 is 0. The van der Waals surface area contributed by atoms with Gasteiger partial charge < -0.3 is 19.9 Å². The monoisotopic (exact) mass is 455 g/mol. The Bertz CT molecular complexity index is 1050. The zero-order chi connectivity index (χ0) is 23.6. The van der Waals surface area contributed by atoms with Gasteiger partial charge in [0.15, 0.2) is 0 Å². The summed E-state index contributed by atoms with van der Waals surface area (Å²) in [5.41, 5.74) is 1.86. The molecule has 33 heavy (non-hydrogen) atoms. The standard InChI is InChI=1S/C26H31F2N3O2/c1-26(2)11-8-19-5-4-18(14-24(19)33-26)16-29-25(32)31(22-9-12-30(3)13-10-22)17-20-6-7-21(27)15-23(20)28/h4-8,11,14-15,22H,9-10,12-13,16-17H2,1-3H3,(H,29,32). The molecule has 0 spiro atoms. The number of urea groups is 1. The molecule has 0 aliphatic carbocycles. The Hall–Kier alpha value is -2.93. The van der Waals surface area contributed by atoms with E-state index in [9.17, 15) is 13.6 Å². The van der Waals surface area contributed by atoms with E-state index < -0.39 is 11.6 Å². The lowest BCUT2D eigenvalue weighted by Crippen LogP contribution is -2.49. The van der Waals surface area contributed by atoms with Gasteiger partial charge in [0.2, 0.25) is 0 Å². The van der Waals surface area contributed by atoms with Crippen molar-refractivity contribution in [3.05, 3.63) is 70.8 Å². The number of hydrogen-bond donors (Lipinski definition) is 1. The van der Waals surface area contributed by atoms with Gasteiger partial charge in [0.25, 0.3) is 0 Å². The summed E-state index contributed by atoms with van der Waals surface area (Å²) in [6, 6.07) is 9.12. The molecule has 176 valence electrons. The normalized spacial score (nSPS) is 17.8. The zero-order valence-electron chi connectivity index (χ0n) is 19.4. The highest BCUT2D eigenvalue weighted by molar-refractivity contribution is 5.74. The molecular weight excluding hydrogens is 424 g/mol. The maximum Gasteiger partial charge on any atom is 0.318 e. The topological polar surface area (TPSA) is 44.8 Å². The molecular formula is C26H31F2N3O2. The molecule has 5 nitrogen and oxygen atoms in total. The number of ether oxygens (including phenoxy) is 1. The maximum absolute atomic E-state index is 14.4. The van der Waals surface area contributed by atoms with Crippen molar-refractivity contribution in [2.24, 2.45) is 0 Å². The van der Waals surface area contributed by atoms with E-state index in [4.69, 9.17) is 4.74 Å². The number of likely N-dealkylation sites (tertiary alicyclic amines) is 1. The molecule has 0 atom stereocenters. The molecule has 0 bridgehead atoms. The van der Waals surface area contributed by atoms with Crippen LogP contribution in [0.25, 0.3) is 6.08 Å². The number of carbonyl (C=O) groups excluding carboxylic acids is 1. The van der Waals surface area contributed by atoms with Crippen LogP contribution in [0.3, 0.4) is 0 Å². The third-order valence-corrected chi connectivity index (χ3v) is 6.30. The first-order valence-corrected chi connectivity index (χ1v) is 11.4. The van der Waals surface area contributed by atoms with E-state index in [1.807, 2.05) is 44.2 Å². The van der Waals surface area contributed by atoms with Gasteiger partial charge in [-0.3, -0.25) is 0 Å². The van der Waals surface area contributed by atoms with E-state index in [-0.39, 0.29) is 24.2 Å². The second kappa shape index (κ2) is 9.51. The maximum atomic E-state index is 14.4. The second-order valence-corrected chi connectivity index (χ2v) is 9.47. The molecule has 2 aliphatic heterocycles. The number of rotatable bonds is 5. The third kappa shape index (κ3) is 5.71. The van der Waals surface area contributed by atoms with Crippen molar-refractivity contribution in [1.29, 1.82) is 0 Å². The number of hydrogen-bond acceptors (Lipinski definition) is 3. The van der Waals surface area contributed by atoms with Gasteiger partial charge in [-0.15, -0.1) is 0 Å². The highest BCUT2D eigenvalue weighted by atomic mass is 19.1. The highest BCUT2D eigenvalue weighted by Gasteiger charge is 2.28. The van der Waals surface area contributed by atoms with Crippen molar-refractivity contribution < 1.29 is 18.3 Å². The van der Waals surface area contributed by atoms with Crippen molar-refractivity contribution in [1.82, 2.24) is 15.1 Å². The quantitative estimate of drug-likeness (QED) is 0.694. The Morgan fingerprint density at radius 2 is 1.94 bits per heavy atom. The van der Waals surface area contributed by atoms with Gasteiger partial charge in [-0.1, -0.05) is 24.3 Å². The van der Waals surface area contributed by atoms with Crippen molar-refractivity contribution in [2.75, 3.05) is 20.1 Å². The van der Waals surface area contributed by atoms with Crippen LogP contribution in [0.2, 0.25) is 0 Å². The molecule has 4 rings (SSSR count). The minimum atomic E-state index is -0.636. The first-order valence-electron chi connectivity index (χ1n) is 11.4. The first-order chi connectivity index (χ1) is 15.7. The van der Waals surface area contributed by atoms with Crippen LogP contribution >= 0.6 is 0 Å². The van der Waals surface area contributed by atoms with Gasteiger partial charge in [-0.25, -0.2) is 13.6 Å². The Labute approximate surface area is 194 Å². The molecule has 1 saturated heterocycles. The molecule has 2 amide bonds.